The maximum Gasteiger partial charge on any atom is 0.0695 e. The summed E-state index contributed by atoms with van der Waals surface area (Å²) in [7, 11) is 1.78. The molecule has 1 saturated heterocycles. The van der Waals surface area contributed by atoms with Crippen LogP contribution in [0.25, 0.3) is 0 Å². The molecule has 3 nitrogen and oxygen atoms in total. The zero-order valence-corrected chi connectivity index (χ0v) is 9.69. The minimum absolute atomic E-state index is 0.0658. The van der Waals surface area contributed by atoms with Crippen LogP contribution in [0.1, 0.15) is 32.1 Å². The number of methoxy groups -OCH3 is 1. The van der Waals surface area contributed by atoms with Crippen LogP contribution in [-0.2, 0) is 4.74 Å². The monoisotopic (exact) mass is 213 g/mol. The Hall–Kier alpha value is -0.120. The molecule has 3 heteroatoms. The highest BCUT2D eigenvalue weighted by molar-refractivity contribution is 4.87. The van der Waals surface area contributed by atoms with Crippen molar-refractivity contribution in [3.63, 3.8) is 0 Å². The molecule has 0 aromatic carbocycles. The quantitative estimate of drug-likeness (QED) is 0.766. The minimum atomic E-state index is -0.0658. The first-order chi connectivity index (χ1) is 7.31. The smallest absolute Gasteiger partial charge is 0.0695 e. The number of likely N-dealkylation sites (tertiary alicyclic amines) is 1. The molecule has 1 aliphatic heterocycles. The molecule has 0 aromatic heterocycles. The number of ether oxygens (including phenoxy) is 1. The van der Waals surface area contributed by atoms with Crippen molar-refractivity contribution in [3.8, 4) is 0 Å². The molecule has 0 radical (unpaired) electrons. The summed E-state index contributed by atoms with van der Waals surface area (Å²) >= 11 is 0. The molecular weight excluding hydrogens is 190 g/mol. The number of rotatable bonds is 3. The van der Waals surface area contributed by atoms with Gasteiger partial charge in [-0.1, -0.05) is 0 Å². The Balaban J connectivity index is 1.77. The molecule has 0 aromatic rings. The van der Waals surface area contributed by atoms with Gasteiger partial charge in [0.05, 0.1) is 6.10 Å². The molecule has 2 rings (SSSR count). The van der Waals surface area contributed by atoms with Gasteiger partial charge in [-0.05, 0) is 51.1 Å². The van der Waals surface area contributed by atoms with Crippen molar-refractivity contribution in [2.75, 3.05) is 26.8 Å². The van der Waals surface area contributed by atoms with Crippen molar-refractivity contribution >= 4 is 0 Å². The highest BCUT2D eigenvalue weighted by atomic mass is 16.5. The van der Waals surface area contributed by atoms with E-state index in [1.54, 1.807) is 7.11 Å². The van der Waals surface area contributed by atoms with Crippen LogP contribution in [0.4, 0.5) is 0 Å². The molecule has 2 atom stereocenters. The van der Waals surface area contributed by atoms with Gasteiger partial charge in [-0.15, -0.1) is 0 Å². The number of piperidine rings is 1. The Morgan fingerprint density at radius 1 is 1.20 bits per heavy atom. The predicted octanol–water partition coefficient (Wildman–Crippen LogP) is 1.26. The van der Waals surface area contributed by atoms with Gasteiger partial charge in [0.2, 0.25) is 0 Å². The van der Waals surface area contributed by atoms with E-state index in [2.05, 4.69) is 4.90 Å². The topological polar surface area (TPSA) is 32.7 Å². The van der Waals surface area contributed by atoms with Gasteiger partial charge in [0, 0.05) is 19.8 Å². The lowest BCUT2D eigenvalue weighted by Crippen LogP contribution is -2.45. The van der Waals surface area contributed by atoms with Crippen LogP contribution in [0, 0.1) is 5.92 Å². The largest absolute Gasteiger partial charge is 0.391 e. The van der Waals surface area contributed by atoms with E-state index in [9.17, 15) is 5.11 Å². The number of nitrogens with zero attached hydrogens (tertiary/aromatic N) is 1. The van der Waals surface area contributed by atoms with Crippen molar-refractivity contribution in [2.24, 2.45) is 5.92 Å². The van der Waals surface area contributed by atoms with Gasteiger partial charge in [0.25, 0.3) is 0 Å². The second kappa shape index (κ2) is 5.28. The van der Waals surface area contributed by atoms with Crippen molar-refractivity contribution in [3.05, 3.63) is 0 Å². The summed E-state index contributed by atoms with van der Waals surface area (Å²) in [6.45, 7) is 3.20. The fourth-order valence-electron chi connectivity index (χ4n) is 3.03. The third-order valence-electron chi connectivity index (χ3n) is 3.96. The number of aliphatic hydroxyl groups excluding tert-OH is 1. The molecule has 0 bridgehead atoms. The highest BCUT2D eigenvalue weighted by Gasteiger charge is 2.32. The van der Waals surface area contributed by atoms with Crippen molar-refractivity contribution < 1.29 is 9.84 Å². The summed E-state index contributed by atoms with van der Waals surface area (Å²) in [5.41, 5.74) is 0. The Bertz CT molecular complexity index is 190. The molecule has 0 spiro atoms. The Kier molecular flexibility index (Phi) is 4.00. The summed E-state index contributed by atoms with van der Waals surface area (Å²) in [5, 5.41) is 9.84. The lowest BCUT2D eigenvalue weighted by molar-refractivity contribution is 0.0337. The summed E-state index contributed by atoms with van der Waals surface area (Å²) in [4.78, 5) is 2.49. The van der Waals surface area contributed by atoms with E-state index in [0.717, 1.165) is 32.0 Å². The molecule has 2 aliphatic rings. The van der Waals surface area contributed by atoms with Gasteiger partial charge in [-0.3, -0.25) is 4.90 Å². The zero-order chi connectivity index (χ0) is 10.7. The highest BCUT2D eigenvalue weighted by Crippen LogP contribution is 2.28. The third kappa shape index (κ3) is 2.71. The van der Waals surface area contributed by atoms with Gasteiger partial charge in [0.1, 0.15) is 0 Å². The van der Waals surface area contributed by atoms with Gasteiger partial charge in [0.15, 0.2) is 0 Å². The number of hydrogen-bond donors (Lipinski definition) is 1. The Labute approximate surface area is 92.4 Å². The van der Waals surface area contributed by atoms with Crippen LogP contribution in [-0.4, -0.2) is 49.0 Å². The van der Waals surface area contributed by atoms with Crippen LogP contribution in [0.15, 0.2) is 0 Å². The first-order valence-corrected chi connectivity index (χ1v) is 6.22. The fourth-order valence-corrected chi connectivity index (χ4v) is 3.03. The molecule has 1 N–H and O–H groups in total. The standard InChI is InChI=1S/C12H23NO2/c1-15-9-10-5-7-13(8-6-10)11-3-2-4-12(11)14/h10-12,14H,2-9H2,1H3. The molecule has 0 amide bonds. The maximum absolute atomic E-state index is 9.84. The SMILES string of the molecule is COCC1CCN(C2CCCC2O)CC1. The van der Waals surface area contributed by atoms with Crippen LogP contribution < -0.4 is 0 Å². The van der Waals surface area contributed by atoms with E-state index in [1.165, 1.54) is 25.7 Å². The van der Waals surface area contributed by atoms with E-state index in [4.69, 9.17) is 4.74 Å². The first-order valence-electron chi connectivity index (χ1n) is 6.22. The molecule has 88 valence electrons. The zero-order valence-electron chi connectivity index (χ0n) is 9.69. The van der Waals surface area contributed by atoms with E-state index >= 15 is 0 Å². The van der Waals surface area contributed by atoms with Gasteiger partial charge in [-0.2, -0.15) is 0 Å². The molecule has 2 fully saturated rings. The van der Waals surface area contributed by atoms with Gasteiger partial charge < -0.3 is 9.84 Å². The Morgan fingerprint density at radius 3 is 2.47 bits per heavy atom. The normalized spacial score (nSPS) is 34.8. The predicted molar refractivity (Wildman–Crippen MR) is 59.8 cm³/mol. The summed E-state index contributed by atoms with van der Waals surface area (Å²) < 4.78 is 5.20. The summed E-state index contributed by atoms with van der Waals surface area (Å²) in [5.74, 6) is 0.741. The van der Waals surface area contributed by atoms with E-state index < -0.39 is 0 Å². The van der Waals surface area contributed by atoms with Crippen LogP contribution in [0.2, 0.25) is 0 Å². The lowest BCUT2D eigenvalue weighted by atomic mass is 9.96. The van der Waals surface area contributed by atoms with E-state index in [1.807, 2.05) is 0 Å². The van der Waals surface area contributed by atoms with Crippen LogP contribution >= 0.6 is 0 Å². The van der Waals surface area contributed by atoms with Gasteiger partial charge in [-0.25, -0.2) is 0 Å². The molecule has 1 aliphatic carbocycles. The van der Waals surface area contributed by atoms with E-state index in [0.29, 0.717) is 6.04 Å². The molecule has 1 saturated carbocycles. The molecular formula is C12H23NO2. The van der Waals surface area contributed by atoms with Gasteiger partial charge >= 0.3 is 0 Å². The number of aliphatic hydroxyl groups is 1. The fraction of sp³-hybridized carbons (Fsp3) is 1.00. The average Bonchev–Trinajstić information content (AvgIpc) is 2.66. The maximum atomic E-state index is 9.84. The third-order valence-corrected chi connectivity index (χ3v) is 3.96. The second-order valence-electron chi connectivity index (χ2n) is 5.00. The second-order valence-corrected chi connectivity index (χ2v) is 5.00. The van der Waals surface area contributed by atoms with Crippen molar-refractivity contribution in [2.45, 2.75) is 44.2 Å². The van der Waals surface area contributed by atoms with Crippen LogP contribution in [0.5, 0.6) is 0 Å². The first kappa shape index (κ1) is 11.4. The summed E-state index contributed by atoms with van der Waals surface area (Å²) in [6, 6.07) is 0.452. The van der Waals surface area contributed by atoms with Crippen molar-refractivity contribution in [1.29, 1.82) is 0 Å². The molecule has 2 unspecified atom stereocenters. The average molecular weight is 213 g/mol. The number of hydrogen-bond acceptors (Lipinski definition) is 3. The minimum Gasteiger partial charge on any atom is -0.391 e. The lowest BCUT2D eigenvalue weighted by Gasteiger charge is -2.37. The molecule has 1 heterocycles. The van der Waals surface area contributed by atoms with Crippen molar-refractivity contribution in [1.82, 2.24) is 4.90 Å². The van der Waals surface area contributed by atoms with E-state index in [-0.39, 0.29) is 6.10 Å². The summed E-state index contributed by atoms with van der Waals surface area (Å²) in [6.07, 6.45) is 5.79. The molecule has 15 heavy (non-hydrogen) atoms. The van der Waals surface area contributed by atoms with Crippen LogP contribution in [0.3, 0.4) is 0 Å². The Morgan fingerprint density at radius 2 is 1.93 bits per heavy atom.